The van der Waals surface area contributed by atoms with E-state index >= 15 is 0 Å². The maximum Gasteiger partial charge on any atom is 0.322 e. The summed E-state index contributed by atoms with van der Waals surface area (Å²) in [6.45, 7) is 3.95. The van der Waals surface area contributed by atoms with Gasteiger partial charge < -0.3 is 15.0 Å². The second-order valence-corrected chi connectivity index (χ2v) is 5.09. The van der Waals surface area contributed by atoms with Crippen LogP contribution in [0.1, 0.15) is 13.3 Å². The number of rotatable bonds is 2. The molecular weight excluding hydrogens is 296 g/mol. The van der Waals surface area contributed by atoms with Crippen LogP contribution in [0.15, 0.2) is 28.7 Å². The lowest BCUT2D eigenvalue weighted by Crippen LogP contribution is -2.50. The van der Waals surface area contributed by atoms with E-state index in [0.717, 1.165) is 16.6 Å². The number of nitrogens with one attached hydrogen (secondary N) is 1. The molecule has 1 atom stereocenters. The van der Waals surface area contributed by atoms with Gasteiger partial charge in [0.05, 0.1) is 24.9 Å². The van der Waals surface area contributed by atoms with Crippen LogP contribution in [-0.2, 0) is 4.74 Å². The Morgan fingerprint density at radius 3 is 3.06 bits per heavy atom. The lowest BCUT2D eigenvalue weighted by molar-refractivity contribution is 0.0144. The summed E-state index contributed by atoms with van der Waals surface area (Å²) >= 11 is 3.42. The van der Waals surface area contributed by atoms with E-state index in [1.54, 1.807) is 0 Å². The Morgan fingerprint density at radius 1 is 1.56 bits per heavy atom. The Labute approximate surface area is 115 Å². The number of hydrogen-bond donors (Lipinski definition) is 1. The van der Waals surface area contributed by atoms with Crippen molar-refractivity contribution < 1.29 is 9.53 Å². The number of urea groups is 1. The topological polar surface area (TPSA) is 41.6 Å². The molecule has 0 spiro atoms. The van der Waals surface area contributed by atoms with E-state index < -0.39 is 0 Å². The summed E-state index contributed by atoms with van der Waals surface area (Å²) in [7, 11) is 0. The molecule has 1 fully saturated rings. The van der Waals surface area contributed by atoms with Crippen LogP contribution in [0.3, 0.4) is 0 Å². The quantitative estimate of drug-likeness (QED) is 0.911. The average molecular weight is 313 g/mol. The third kappa shape index (κ3) is 3.03. The van der Waals surface area contributed by atoms with Crippen molar-refractivity contribution in [1.29, 1.82) is 0 Å². The SMILES string of the molecule is CCC1COCCN1C(=O)Nc1ccccc1Br. The summed E-state index contributed by atoms with van der Waals surface area (Å²) in [6.07, 6.45) is 0.906. The Hall–Kier alpha value is -1.07. The molecule has 2 amide bonds. The zero-order valence-corrected chi connectivity index (χ0v) is 11.9. The van der Waals surface area contributed by atoms with Gasteiger partial charge in [0.25, 0.3) is 0 Å². The monoisotopic (exact) mass is 312 g/mol. The molecule has 98 valence electrons. The van der Waals surface area contributed by atoms with E-state index in [-0.39, 0.29) is 12.1 Å². The third-order valence-corrected chi connectivity index (χ3v) is 3.77. The van der Waals surface area contributed by atoms with Gasteiger partial charge in [0.2, 0.25) is 0 Å². The first-order chi connectivity index (χ1) is 8.72. The van der Waals surface area contributed by atoms with Gasteiger partial charge in [-0.25, -0.2) is 4.79 Å². The fourth-order valence-electron chi connectivity index (χ4n) is 2.01. The normalized spacial score (nSPS) is 19.7. The molecule has 1 heterocycles. The van der Waals surface area contributed by atoms with Gasteiger partial charge in [-0.3, -0.25) is 0 Å². The Morgan fingerprint density at radius 2 is 2.33 bits per heavy atom. The number of carbonyl (C=O) groups excluding carboxylic acids is 1. The molecule has 5 heteroatoms. The number of nitrogens with zero attached hydrogens (tertiary/aromatic N) is 1. The van der Waals surface area contributed by atoms with E-state index in [0.29, 0.717) is 19.8 Å². The average Bonchev–Trinajstić information content (AvgIpc) is 2.41. The number of benzene rings is 1. The first-order valence-electron chi connectivity index (χ1n) is 6.12. The Bertz CT molecular complexity index is 425. The summed E-state index contributed by atoms with van der Waals surface area (Å²) in [4.78, 5) is 14.1. The van der Waals surface area contributed by atoms with Crippen molar-refractivity contribution in [2.75, 3.05) is 25.1 Å². The van der Waals surface area contributed by atoms with Crippen molar-refractivity contribution in [3.8, 4) is 0 Å². The minimum Gasteiger partial charge on any atom is -0.377 e. The van der Waals surface area contributed by atoms with Crippen LogP contribution in [0.4, 0.5) is 10.5 Å². The van der Waals surface area contributed by atoms with Gasteiger partial charge in [0, 0.05) is 11.0 Å². The number of carbonyl (C=O) groups is 1. The number of hydrogen-bond acceptors (Lipinski definition) is 2. The summed E-state index contributed by atoms with van der Waals surface area (Å²) in [5.41, 5.74) is 0.795. The molecule has 1 N–H and O–H groups in total. The fourth-order valence-corrected chi connectivity index (χ4v) is 2.39. The summed E-state index contributed by atoms with van der Waals surface area (Å²) in [6, 6.07) is 7.72. The van der Waals surface area contributed by atoms with Gasteiger partial charge in [-0.2, -0.15) is 0 Å². The molecule has 1 aromatic rings. The molecule has 1 aromatic carbocycles. The lowest BCUT2D eigenvalue weighted by Gasteiger charge is -2.35. The highest BCUT2D eigenvalue weighted by molar-refractivity contribution is 9.10. The molecule has 1 aliphatic heterocycles. The van der Waals surface area contributed by atoms with Gasteiger partial charge in [0.1, 0.15) is 0 Å². The number of morpholine rings is 1. The molecule has 4 nitrogen and oxygen atoms in total. The number of anilines is 1. The second-order valence-electron chi connectivity index (χ2n) is 4.24. The Kier molecular flexibility index (Phi) is 4.60. The molecule has 0 bridgehead atoms. The minimum atomic E-state index is -0.0583. The van der Waals surface area contributed by atoms with Crippen LogP contribution in [0.25, 0.3) is 0 Å². The van der Waals surface area contributed by atoms with Gasteiger partial charge in [0.15, 0.2) is 0 Å². The van der Waals surface area contributed by atoms with Crippen LogP contribution >= 0.6 is 15.9 Å². The van der Waals surface area contributed by atoms with Crippen molar-refractivity contribution in [2.45, 2.75) is 19.4 Å². The van der Waals surface area contributed by atoms with Crippen LogP contribution in [0.5, 0.6) is 0 Å². The molecular formula is C13H17BrN2O2. The summed E-state index contributed by atoms with van der Waals surface area (Å²) in [5.74, 6) is 0. The van der Waals surface area contributed by atoms with E-state index in [1.807, 2.05) is 29.2 Å². The fraction of sp³-hybridized carbons (Fsp3) is 0.462. The molecule has 0 saturated carbocycles. The molecule has 1 saturated heterocycles. The highest BCUT2D eigenvalue weighted by Crippen LogP contribution is 2.22. The van der Waals surface area contributed by atoms with Gasteiger partial charge in [-0.15, -0.1) is 0 Å². The molecule has 2 rings (SSSR count). The van der Waals surface area contributed by atoms with Gasteiger partial charge in [-0.05, 0) is 34.5 Å². The van der Waals surface area contributed by atoms with Crippen molar-refractivity contribution in [2.24, 2.45) is 0 Å². The molecule has 18 heavy (non-hydrogen) atoms. The van der Waals surface area contributed by atoms with Crippen molar-refractivity contribution in [3.05, 3.63) is 28.7 Å². The van der Waals surface area contributed by atoms with Gasteiger partial charge >= 0.3 is 6.03 Å². The van der Waals surface area contributed by atoms with Crippen molar-refractivity contribution in [3.63, 3.8) is 0 Å². The first kappa shape index (κ1) is 13.4. The maximum atomic E-state index is 12.2. The van der Waals surface area contributed by atoms with Crippen LogP contribution in [0, 0.1) is 0 Å². The first-order valence-corrected chi connectivity index (χ1v) is 6.91. The number of ether oxygens (including phenoxy) is 1. The predicted molar refractivity (Wildman–Crippen MR) is 74.8 cm³/mol. The van der Waals surface area contributed by atoms with Crippen LogP contribution in [-0.4, -0.2) is 36.7 Å². The van der Waals surface area contributed by atoms with E-state index in [9.17, 15) is 4.79 Å². The molecule has 0 aromatic heterocycles. The van der Waals surface area contributed by atoms with E-state index in [1.165, 1.54) is 0 Å². The molecule has 1 aliphatic rings. The smallest absolute Gasteiger partial charge is 0.322 e. The maximum absolute atomic E-state index is 12.2. The van der Waals surface area contributed by atoms with Crippen molar-refractivity contribution in [1.82, 2.24) is 4.90 Å². The van der Waals surface area contributed by atoms with Crippen molar-refractivity contribution >= 4 is 27.6 Å². The highest BCUT2D eigenvalue weighted by atomic mass is 79.9. The van der Waals surface area contributed by atoms with Crippen LogP contribution in [0.2, 0.25) is 0 Å². The molecule has 0 aliphatic carbocycles. The predicted octanol–water partition coefficient (Wildman–Crippen LogP) is 3.09. The number of halogens is 1. The summed E-state index contributed by atoms with van der Waals surface area (Å²) < 4.78 is 6.28. The van der Waals surface area contributed by atoms with Crippen LogP contribution < -0.4 is 5.32 Å². The van der Waals surface area contributed by atoms with E-state index in [2.05, 4.69) is 28.2 Å². The van der Waals surface area contributed by atoms with Gasteiger partial charge in [-0.1, -0.05) is 19.1 Å². The minimum absolute atomic E-state index is 0.0583. The largest absolute Gasteiger partial charge is 0.377 e. The standard InChI is InChI=1S/C13H17BrN2O2/c1-2-10-9-18-8-7-16(10)13(17)15-12-6-4-3-5-11(12)14/h3-6,10H,2,7-9H2,1H3,(H,15,17). The lowest BCUT2D eigenvalue weighted by atomic mass is 10.2. The highest BCUT2D eigenvalue weighted by Gasteiger charge is 2.26. The zero-order chi connectivity index (χ0) is 13.0. The zero-order valence-electron chi connectivity index (χ0n) is 10.4. The third-order valence-electron chi connectivity index (χ3n) is 3.08. The Balaban J connectivity index is 2.05. The molecule has 0 radical (unpaired) electrons. The number of para-hydroxylation sites is 1. The summed E-state index contributed by atoms with van der Waals surface area (Å²) in [5, 5.41) is 2.93. The van der Waals surface area contributed by atoms with E-state index in [4.69, 9.17) is 4.74 Å². The second kappa shape index (κ2) is 6.20. The molecule has 1 unspecified atom stereocenters. The number of amides is 2.